The number of hydrogen-bond donors (Lipinski definition) is 0. The van der Waals surface area contributed by atoms with E-state index in [9.17, 15) is 0 Å². The van der Waals surface area contributed by atoms with Gasteiger partial charge in [0.25, 0.3) is 0 Å². The molecule has 250 valence electrons. The van der Waals surface area contributed by atoms with Crippen molar-refractivity contribution >= 4 is 47.0 Å². The van der Waals surface area contributed by atoms with Crippen LogP contribution in [0.25, 0.3) is 0 Å². The Morgan fingerprint density at radius 1 is 0.370 bits per heavy atom. The third-order valence-electron chi connectivity index (χ3n) is 6.89. The van der Waals surface area contributed by atoms with Crippen molar-refractivity contribution in [3.8, 4) is 11.5 Å². The number of nitrogens with zero attached hydrogens (tertiary/aromatic N) is 2. The van der Waals surface area contributed by atoms with Crippen LogP contribution in [0, 0.1) is 0 Å². The van der Waals surface area contributed by atoms with E-state index in [1.807, 2.05) is 71.3 Å². The number of thioether (sulfide) groups is 4. The summed E-state index contributed by atoms with van der Waals surface area (Å²) in [5.41, 5.74) is 0. The highest BCUT2D eigenvalue weighted by molar-refractivity contribution is 8.30. The fourth-order valence-corrected chi connectivity index (χ4v) is 10.0. The third-order valence-corrected chi connectivity index (χ3v) is 12.4. The molecule has 0 saturated heterocycles. The van der Waals surface area contributed by atoms with Crippen LogP contribution in [0.1, 0.15) is 0 Å². The molecule has 0 saturated carbocycles. The van der Waals surface area contributed by atoms with Crippen molar-refractivity contribution in [2.45, 2.75) is 32.7 Å². The van der Waals surface area contributed by atoms with Crippen LogP contribution in [0.3, 0.4) is 0 Å². The summed E-state index contributed by atoms with van der Waals surface area (Å²) in [4.78, 5) is 5.28. The second kappa shape index (κ2) is 18.7. The van der Waals surface area contributed by atoms with E-state index in [1.54, 1.807) is 0 Å². The molecule has 3 aromatic rings. The summed E-state index contributed by atoms with van der Waals surface area (Å²) < 4.78 is 52.7. The Morgan fingerprint density at radius 2 is 0.652 bits per heavy atom. The zero-order valence-corrected chi connectivity index (χ0v) is 29.0. The molecule has 0 spiro atoms. The van der Waals surface area contributed by atoms with E-state index in [4.69, 9.17) is 37.9 Å². The molecule has 10 nitrogen and oxygen atoms in total. The summed E-state index contributed by atoms with van der Waals surface area (Å²) in [5, 5.41) is 0. The van der Waals surface area contributed by atoms with Crippen LogP contribution in [-0.4, -0.2) is 102 Å². The van der Waals surface area contributed by atoms with Gasteiger partial charge in [0.05, 0.1) is 87.8 Å². The molecule has 8 aliphatic rings. The standard InChI is InChI=1S/C32H40N2O8S4/c1-2-26-4-3-25(1)41-19-17-39-15-13-37-11-9-35-7-5-33-21-27-28(22-33)44-31(43-27)32-45-29-23-34(24-30(29)46-32)6-8-36-10-12-38-14-16-40-18-20-42-26/h1-4,21-24H,5-20H2. The van der Waals surface area contributed by atoms with E-state index in [2.05, 4.69) is 33.9 Å². The minimum atomic E-state index is 0.469. The molecule has 10 heterocycles. The average molecular weight is 709 g/mol. The van der Waals surface area contributed by atoms with E-state index < -0.39 is 0 Å². The van der Waals surface area contributed by atoms with Gasteiger partial charge in [0.2, 0.25) is 0 Å². The Balaban J connectivity index is 0.930. The molecule has 0 radical (unpaired) electrons. The molecule has 8 aliphatic heterocycles. The van der Waals surface area contributed by atoms with Gasteiger partial charge in [0.1, 0.15) is 24.7 Å². The van der Waals surface area contributed by atoms with Crippen molar-refractivity contribution in [3.63, 3.8) is 0 Å². The second-order valence-electron chi connectivity index (χ2n) is 10.3. The molecule has 0 fully saturated rings. The Morgan fingerprint density at radius 3 is 0.978 bits per heavy atom. The van der Waals surface area contributed by atoms with E-state index in [0.29, 0.717) is 92.5 Å². The van der Waals surface area contributed by atoms with E-state index in [-0.39, 0.29) is 0 Å². The third kappa shape index (κ3) is 10.6. The predicted octanol–water partition coefficient (Wildman–Crippen LogP) is 6.08. The van der Waals surface area contributed by atoms with Gasteiger partial charge in [-0.05, 0) is 24.3 Å². The molecule has 0 unspecified atom stereocenters. The highest BCUT2D eigenvalue weighted by Gasteiger charge is 2.29. The largest absolute Gasteiger partial charge is 0.491 e. The van der Waals surface area contributed by atoms with Crippen molar-refractivity contribution in [1.29, 1.82) is 0 Å². The summed E-state index contributed by atoms with van der Waals surface area (Å²) in [5.74, 6) is 1.54. The molecule has 14 heteroatoms. The highest BCUT2D eigenvalue weighted by Crippen LogP contribution is 2.61. The maximum Gasteiger partial charge on any atom is 0.119 e. The van der Waals surface area contributed by atoms with Gasteiger partial charge < -0.3 is 47.0 Å². The molecular weight excluding hydrogens is 669 g/mol. The van der Waals surface area contributed by atoms with Crippen molar-refractivity contribution < 1.29 is 37.9 Å². The highest BCUT2D eigenvalue weighted by atomic mass is 32.2. The fraction of sp³-hybridized carbons (Fsp3) is 0.500. The summed E-state index contributed by atoms with van der Waals surface area (Å²) in [7, 11) is 0. The van der Waals surface area contributed by atoms with Crippen molar-refractivity contribution in [1.82, 2.24) is 9.13 Å². The van der Waals surface area contributed by atoms with E-state index in [0.717, 1.165) is 24.6 Å². The maximum atomic E-state index is 5.78. The van der Waals surface area contributed by atoms with Crippen molar-refractivity contribution in [2.75, 3.05) is 92.5 Å². The number of hydrogen-bond acceptors (Lipinski definition) is 12. The normalized spacial score (nSPS) is 20.3. The molecule has 2 aromatic heterocycles. The number of ether oxygens (including phenoxy) is 8. The van der Waals surface area contributed by atoms with Crippen LogP contribution in [0.5, 0.6) is 11.5 Å². The zero-order chi connectivity index (χ0) is 31.2. The van der Waals surface area contributed by atoms with Crippen molar-refractivity contribution in [3.05, 3.63) is 57.5 Å². The minimum Gasteiger partial charge on any atom is -0.491 e. The van der Waals surface area contributed by atoms with Crippen LogP contribution in [0.4, 0.5) is 0 Å². The predicted molar refractivity (Wildman–Crippen MR) is 182 cm³/mol. The van der Waals surface area contributed by atoms with Crippen LogP contribution in [0.2, 0.25) is 0 Å². The summed E-state index contributed by atoms with van der Waals surface area (Å²) >= 11 is 7.48. The first kappa shape index (κ1) is 34.2. The van der Waals surface area contributed by atoms with Gasteiger partial charge in [-0.2, -0.15) is 0 Å². The van der Waals surface area contributed by atoms with Crippen LogP contribution in [0.15, 0.2) is 77.1 Å². The molecule has 0 atom stereocenters. The lowest BCUT2D eigenvalue weighted by Gasteiger charge is -2.10. The van der Waals surface area contributed by atoms with Gasteiger partial charge in [0, 0.05) is 57.5 Å². The molecule has 0 aliphatic carbocycles. The van der Waals surface area contributed by atoms with Gasteiger partial charge in [-0.25, -0.2) is 0 Å². The van der Waals surface area contributed by atoms with Crippen LogP contribution < -0.4 is 9.47 Å². The number of rotatable bonds is 0. The zero-order valence-electron chi connectivity index (χ0n) is 25.7. The topological polar surface area (TPSA) is 83.7 Å². The molecular formula is C32H40N2O8S4. The second-order valence-corrected chi connectivity index (χ2v) is 15.0. The molecule has 0 N–H and O–H groups in total. The van der Waals surface area contributed by atoms with E-state index in [1.165, 1.54) is 28.1 Å². The smallest absolute Gasteiger partial charge is 0.119 e. The first-order valence-electron chi connectivity index (χ1n) is 15.5. The molecule has 1 aromatic carbocycles. The Labute approximate surface area is 287 Å². The lowest BCUT2D eigenvalue weighted by atomic mass is 10.3. The summed E-state index contributed by atoms with van der Waals surface area (Å²) in [6.45, 7) is 9.20. The average Bonchev–Trinajstić information content (AvgIpc) is 3.82. The molecule has 11 rings (SSSR count). The van der Waals surface area contributed by atoms with Gasteiger partial charge >= 0.3 is 0 Å². The quantitative estimate of drug-likeness (QED) is 0.271. The van der Waals surface area contributed by atoms with Gasteiger partial charge in [-0.15, -0.1) is 0 Å². The minimum absolute atomic E-state index is 0.469. The lowest BCUT2D eigenvalue weighted by molar-refractivity contribution is 0.00801. The maximum absolute atomic E-state index is 5.78. The Hall–Kier alpha value is -1.72. The summed E-state index contributed by atoms with van der Waals surface area (Å²) in [6.07, 6.45) is 8.92. The molecule has 46 heavy (non-hydrogen) atoms. The number of aromatic nitrogens is 2. The van der Waals surface area contributed by atoms with E-state index >= 15 is 0 Å². The monoisotopic (exact) mass is 708 g/mol. The number of benzene rings is 1. The molecule has 0 amide bonds. The van der Waals surface area contributed by atoms with Crippen LogP contribution >= 0.6 is 47.0 Å². The Bertz CT molecular complexity index is 1240. The van der Waals surface area contributed by atoms with Crippen molar-refractivity contribution in [2.24, 2.45) is 0 Å². The Kier molecular flexibility index (Phi) is 13.9. The molecule has 10 bridgehead atoms. The lowest BCUT2D eigenvalue weighted by Crippen LogP contribution is -2.14. The first-order valence-corrected chi connectivity index (χ1v) is 18.7. The van der Waals surface area contributed by atoms with Crippen LogP contribution in [-0.2, 0) is 41.5 Å². The SMILES string of the molecule is c1cc2ccc1OCCOCCOCCOCCn1cc3c(c1)SC(=C1Sc4cn(cc4S1)CCOCCOCCOCCO2)S3. The fourth-order valence-electron chi connectivity index (χ4n) is 4.60. The summed E-state index contributed by atoms with van der Waals surface area (Å²) in [6, 6.07) is 7.55. The first-order chi connectivity index (χ1) is 22.8. The van der Waals surface area contributed by atoms with Gasteiger partial charge in [-0.3, -0.25) is 0 Å². The van der Waals surface area contributed by atoms with Gasteiger partial charge in [-0.1, -0.05) is 47.0 Å². The van der Waals surface area contributed by atoms with Gasteiger partial charge in [0.15, 0.2) is 0 Å².